The van der Waals surface area contributed by atoms with Crippen molar-refractivity contribution in [1.82, 2.24) is 0 Å². The molecule has 1 rings (SSSR count). The maximum atomic E-state index is 9.87. The Hall–Kier alpha value is -0.460. The van der Waals surface area contributed by atoms with Gasteiger partial charge in [0.25, 0.3) is 0 Å². The molecule has 0 aromatic carbocycles. The van der Waals surface area contributed by atoms with E-state index in [0.29, 0.717) is 6.61 Å². The number of allylic oxidation sites excluding steroid dienone is 2. The van der Waals surface area contributed by atoms with E-state index >= 15 is 0 Å². The molecule has 4 atom stereocenters. The van der Waals surface area contributed by atoms with E-state index in [-0.39, 0.29) is 13.2 Å². The van der Waals surface area contributed by atoms with E-state index in [0.717, 1.165) is 19.3 Å². The van der Waals surface area contributed by atoms with Crippen LogP contribution in [0.5, 0.6) is 0 Å². The van der Waals surface area contributed by atoms with Crippen LogP contribution in [0.25, 0.3) is 0 Å². The van der Waals surface area contributed by atoms with Gasteiger partial charge in [-0.05, 0) is 26.2 Å². The Morgan fingerprint density at radius 1 is 1.15 bits per heavy atom. The summed E-state index contributed by atoms with van der Waals surface area (Å²) >= 11 is 0. The molecule has 1 heterocycles. The van der Waals surface area contributed by atoms with Crippen LogP contribution in [0.1, 0.15) is 39.0 Å². The lowest BCUT2D eigenvalue weighted by molar-refractivity contribution is -0.208. The molecule has 20 heavy (non-hydrogen) atoms. The Bertz CT molecular complexity index is 269. The number of aliphatic hydroxyl groups excluding tert-OH is 3. The maximum Gasteiger partial charge on any atom is 0.111 e. The van der Waals surface area contributed by atoms with E-state index in [1.165, 1.54) is 12.8 Å². The monoisotopic (exact) mass is 288 g/mol. The Kier molecular flexibility index (Phi) is 9.05. The zero-order valence-electron chi connectivity index (χ0n) is 12.3. The Labute approximate surface area is 121 Å². The molecular formula is C15H28O5. The van der Waals surface area contributed by atoms with Gasteiger partial charge in [0.05, 0.1) is 13.2 Å². The summed E-state index contributed by atoms with van der Waals surface area (Å²) in [6.45, 7) is 2.51. The molecule has 1 fully saturated rings. The summed E-state index contributed by atoms with van der Waals surface area (Å²) in [5, 5.41) is 28.5. The predicted octanol–water partition coefficient (Wildman–Crippen LogP) is 1.01. The van der Waals surface area contributed by atoms with Gasteiger partial charge in [-0.15, -0.1) is 0 Å². The van der Waals surface area contributed by atoms with Crippen molar-refractivity contribution in [1.29, 1.82) is 0 Å². The van der Waals surface area contributed by atoms with Crippen molar-refractivity contribution >= 4 is 0 Å². The first-order valence-corrected chi connectivity index (χ1v) is 7.52. The highest BCUT2D eigenvalue weighted by atomic mass is 16.6. The van der Waals surface area contributed by atoms with Gasteiger partial charge >= 0.3 is 0 Å². The number of ether oxygens (including phenoxy) is 2. The third-order valence-electron chi connectivity index (χ3n) is 3.60. The molecule has 0 aromatic heterocycles. The molecule has 0 amide bonds. The molecule has 1 aliphatic heterocycles. The highest BCUT2D eigenvalue weighted by molar-refractivity contribution is 4.87. The molecule has 0 aromatic rings. The summed E-state index contributed by atoms with van der Waals surface area (Å²) in [7, 11) is 0. The zero-order valence-corrected chi connectivity index (χ0v) is 12.3. The smallest absolute Gasteiger partial charge is 0.111 e. The first kappa shape index (κ1) is 17.6. The quantitative estimate of drug-likeness (QED) is 0.436. The average molecular weight is 288 g/mol. The lowest BCUT2D eigenvalue weighted by Gasteiger charge is -2.36. The summed E-state index contributed by atoms with van der Waals surface area (Å²) in [6.07, 6.45) is 6.48. The van der Waals surface area contributed by atoms with Crippen LogP contribution in [0.3, 0.4) is 0 Å². The van der Waals surface area contributed by atoms with Crippen molar-refractivity contribution in [2.75, 3.05) is 19.8 Å². The first-order valence-electron chi connectivity index (χ1n) is 7.52. The van der Waals surface area contributed by atoms with Crippen molar-refractivity contribution in [3.05, 3.63) is 12.2 Å². The molecule has 0 spiro atoms. The lowest BCUT2D eigenvalue weighted by atomic mass is 10.0. The SMILES string of the molecule is C/C=C/CCCCCCO[C@@H]1CO[C@@H](CO)[C@H](O)[C@H]1O. The van der Waals surface area contributed by atoms with Crippen LogP contribution >= 0.6 is 0 Å². The fourth-order valence-corrected chi connectivity index (χ4v) is 2.28. The standard InChI is InChI=1S/C15H28O5/c1-2-3-4-5-6-7-8-9-19-13-11-20-12(10-16)14(17)15(13)18/h2-3,12-18H,4-11H2,1H3/b3-2+/t12-,13+,14-,15-/m0/s1. The molecule has 0 radical (unpaired) electrons. The van der Waals surface area contributed by atoms with Gasteiger partial charge in [-0.3, -0.25) is 0 Å². The third kappa shape index (κ3) is 5.89. The second-order valence-corrected chi connectivity index (χ2v) is 5.22. The minimum atomic E-state index is -1.08. The molecule has 5 heteroatoms. The molecule has 0 saturated carbocycles. The average Bonchev–Trinajstić information content (AvgIpc) is 2.46. The number of hydrogen-bond donors (Lipinski definition) is 3. The molecule has 3 N–H and O–H groups in total. The van der Waals surface area contributed by atoms with E-state index in [1.54, 1.807) is 0 Å². The fraction of sp³-hybridized carbons (Fsp3) is 0.867. The van der Waals surface area contributed by atoms with Crippen LogP contribution < -0.4 is 0 Å². The van der Waals surface area contributed by atoms with Crippen molar-refractivity contribution < 1.29 is 24.8 Å². The van der Waals surface area contributed by atoms with Crippen LogP contribution in [-0.4, -0.2) is 59.6 Å². The van der Waals surface area contributed by atoms with E-state index in [9.17, 15) is 10.2 Å². The Balaban J connectivity index is 2.07. The Morgan fingerprint density at radius 2 is 1.90 bits per heavy atom. The summed E-state index contributed by atoms with van der Waals surface area (Å²) in [6, 6.07) is 0. The molecule has 1 aliphatic rings. The minimum absolute atomic E-state index is 0.213. The van der Waals surface area contributed by atoms with Gasteiger partial charge < -0.3 is 24.8 Å². The van der Waals surface area contributed by atoms with Crippen LogP contribution in [0.15, 0.2) is 12.2 Å². The largest absolute Gasteiger partial charge is 0.394 e. The highest BCUT2D eigenvalue weighted by Gasteiger charge is 2.38. The normalized spacial score (nSPS) is 31.0. The fourth-order valence-electron chi connectivity index (χ4n) is 2.28. The Morgan fingerprint density at radius 3 is 2.60 bits per heavy atom. The van der Waals surface area contributed by atoms with Crippen LogP contribution in [0.2, 0.25) is 0 Å². The van der Waals surface area contributed by atoms with Gasteiger partial charge in [0.15, 0.2) is 0 Å². The van der Waals surface area contributed by atoms with Gasteiger partial charge in [0.2, 0.25) is 0 Å². The molecule has 0 bridgehead atoms. The molecule has 5 nitrogen and oxygen atoms in total. The van der Waals surface area contributed by atoms with E-state index in [2.05, 4.69) is 12.2 Å². The summed E-state index contributed by atoms with van der Waals surface area (Å²) in [5.41, 5.74) is 0. The van der Waals surface area contributed by atoms with Crippen molar-refractivity contribution in [2.45, 2.75) is 63.4 Å². The maximum absolute atomic E-state index is 9.87. The predicted molar refractivity (Wildman–Crippen MR) is 76.5 cm³/mol. The number of rotatable bonds is 9. The molecule has 118 valence electrons. The molecule has 0 unspecified atom stereocenters. The molecular weight excluding hydrogens is 260 g/mol. The molecule has 0 aliphatic carbocycles. The number of aliphatic hydroxyl groups is 3. The zero-order chi connectivity index (χ0) is 14.8. The number of unbranched alkanes of at least 4 members (excludes halogenated alkanes) is 4. The third-order valence-corrected chi connectivity index (χ3v) is 3.60. The van der Waals surface area contributed by atoms with Gasteiger partial charge in [-0.1, -0.05) is 25.0 Å². The topological polar surface area (TPSA) is 79.2 Å². The van der Waals surface area contributed by atoms with E-state index < -0.39 is 24.4 Å². The minimum Gasteiger partial charge on any atom is -0.394 e. The van der Waals surface area contributed by atoms with Crippen LogP contribution in [0, 0.1) is 0 Å². The highest BCUT2D eigenvalue weighted by Crippen LogP contribution is 2.18. The van der Waals surface area contributed by atoms with Crippen LogP contribution in [-0.2, 0) is 9.47 Å². The van der Waals surface area contributed by atoms with Crippen LogP contribution in [0.4, 0.5) is 0 Å². The van der Waals surface area contributed by atoms with Gasteiger partial charge in [-0.25, -0.2) is 0 Å². The first-order chi connectivity index (χ1) is 9.70. The van der Waals surface area contributed by atoms with Crippen molar-refractivity contribution in [3.63, 3.8) is 0 Å². The second-order valence-electron chi connectivity index (χ2n) is 5.22. The summed E-state index contributed by atoms with van der Waals surface area (Å²) in [5.74, 6) is 0. The van der Waals surface area contributed by atoms with Gasteiger partial charge in [0, 0.05) is 6.61 Å². The molecule has 1 saturated heterocycles. The summed E-state index contributed by atoms with van der Waals surface area (Å²) in [4.78, 5) is 0. The van der Waals surface area contributed by atoms with Gasteiger partial charge in [-0.2, -0.15) is 0 Å². The summed E-state index contributed by atoms with van der Waals surface area (Å²) < 4.78 is 10.8. The van der Waals surface area contributed by atoms with E-state index in [1.807, 2.05) is 6.92 Å². The number of hydrogen-bond acceptors (Lipinski definition) is 5. The van der Waals surface area contributed by atoms with Crippen molar-refractivity contribution in [3.8, 4) is 0 Å². The van der Waals surface area contributed by atoms with Gasteiger partial charge in [0.1, 0.15) is 24.4 Å². The van der Waals surface area contributed by atoms with E-state index in [4.69, 9.17) is 14.6 Å². The van der Waals surface area contributed by atoms with Crippen molar-refractivity contribution in [2.24, 2.45) is 0 Å². The lowest BCUT2D eigenvalue weighted by Crippen LogP contribution is -2.55. The second kappa shape index (κ2) is 10.3.